The van der Waals surface area contributed by atoms with Gasteiger partial charge in [0.25, 0.3) is 0 Å². The first kappa shape index (κ1) is 11.6. The van der Waals surface area contributed by atoms with Crippen molar-refractivity contribution in [1.29, 1.82) is 0 Å². The average Bonchev–Trinajstić information content (AvgIpc) is 2.64. The Morgan fingerprint density at radius 3 is 1.75 bits per heavy atom. The van der Waals surface area contributed by atoms with Gasteiger partial charge in [-0.15, -0.1) is 5.38 Å². The fourth-order valence-corrected chi connectivity index (χ4v) is 0.931. The Morgan fingerprint density at radius 2 is 1.58 bits per heavy atom. The zero-order valence-electron chi connectivity index (χ0n) is 6.34. The van der Waals surface area contributed by atoms with E-state index in [-0.39, 0.29) is 20.4 Å². The van der Waals surface area contributed by atoms with Crippen molar-refractivity contribution >= 4 is 11.3 Å². The second-order valence-electron chi connectivity index (χ2n) is 1.81. The summed E-state index contributed by atoms with van der Waals surface area (Å²) in [6.07, 6.45) is 0. The number of hydrogen-bond acceptors (Lipinski definition) is 1. The average molecular weight is 267 g/mol. The quantitative estimate of drug-likeness (QED) is 0.508. The van der Waals surface area contributed by atoms with Crippen molar-refractivity contribution in [3.8, 4) is 0 Å². The van der Waals surface area contributed by atoms with E-state index < -0.39 is 0 Å². The van der Waals surface area contributed by atoms with Crippen molar-refractivity contribution in [3.63, 3.8) is 0 Å². The van der Waals surface area contributed by atoms with E-state index in [1.165, 1.54) is 0 Å². The minimum atomic E-state index is 0. The van der Waals surface area contributed by atoms with Crippen LogP contribution in [0.25, 0.3) is 0 Å². The molecule has 0 bridgehead atoms. The van der Waals surface area contributed by atoms with Crippen LogP contribution in [0.4, 0.5) is 0 Å². The minimum Gasteiger partial charge on any atom is -0.304 e. The summed E-state index contributed by atoms with van der Waals surface area (Å²) < 4.78 is 0. The molecular formula is C10H8PdS. The van der Waals surface area contributed by atoms with E-state index in [1.807, 2.05) is 47.8 Å². The van der Waals surface area contributed by atoms with Crippen LogP contribution >= 0.6 is 11.3 Å². The molecule has 12 heavy (non-hydrogen) atoms. The summed E-state index contributed by atoms with van der Waals surface area (Å²) >= 11 is 1.59. The molecule has 1 aromatic carbocycles. The van der Waals surface area contributed by atoms with E-state index in [9.17, 15) is 0 Å². The predicted octanol–water partition coefficient (Wildman–Crippen LogP) is 3.03. The third-order valence-corrected chi connectivity index (χ3v) is 1.55. The second kappa shape index (κ2) is 8.68. The van der Waals surface area contributed by atoms with Gasteiger partial charge in [0.05, 0.1) is 0 Å². The second-order valence-corrected chi connectivity index (χ2v) is 2.55. The van der Waals surface area contributed by atoms with Crippen LogP contribution in [0.15, 0.2) is 47.8 Å². The first-order valence-electron chi connectivity index (χ1n) is 3.31. The molecule has 2 heteroatoms. The van der Waals surface area contributed by atoms with Crippen LogP contribution in [0, 0.1) is 11.4 Å². The van der Waals surface area contributed by atoms with Crippen LogP contribution in [0.3, 0.4) is 0 Å². The molecule has 0 unspecified atom stereocenters. The molecule has 0 nitrogen and oxygen atoms in total. The molecule has 2 rings (SSSR count). The molecule has 1 heterocycles. The van der Waals surface area contributed by atoms with Gasteiger partial charge in [-0.1, -0.05) is 0 Å². The molecule has 0 amide bonds. The van der Waals surface area contributed by atoms with E-state index in [0.717, 1.165) is 0 Å². The van der Waals surface area contributed by atoms with E-state index >= 15 is 0 Å². The molecule has 0 aliphatic heterocycles. The normalized spacial score (nSPS) is 7.33. The summed E-state index contributed by atoms with van der Waals surface area (Å²) in [6.45, 7) is 0. The molecule has 64 valence electrons. The maximum atomic E-state index is 2.90. The van der Waals surface area contributed by atoms with Crippen LogP contribution in [-0.2, 0) is 20.4 Å². The van der Waals surface area contributed by atoms with Gasteiger partial charge in [0.2, 0.25) is 0 Å². The van der Waals surface area contributed by atoms with Gasteiger partial charge in [-0.05, 0) is 0 Å². The van der Waals surface area contributed by atoms with Crippen molar-refractivity contribution < 1.29 is 20.4 Å². The topological polar surface area (TPSA) is 0 Å². The molecule has 0 radical (unpaired) electrons. The molecule has 0 saturated carbocycles. The Morgan fingerprint density at radius 1 is 0.833 bits per heavy atom. The van der Waals surface area contributed by atoms with Crippen molar-refractivity contribution in [2.24, 2.45) is 0 Å². The van der Waals surface area contributed by atoms with Crippen LogP contribution in [0.5, 0.6) is 0 Å². The summed E-state index contributed by atoms with van der Waals surface area (Å²) in [5.41, 5.74) is 0. The zero-order valence-corrected chi connectivity index (χ0v) is 8.71. The summed E-state index contributed by atoms with van der Waals surface area (Å²) in [7, 11) is 0. The van der Waals surface area contributed by atoms with Crippen LogP contribution in [-0.4, -0.2) is 0 Å². The standard InChI is InChI=1S/C6H5.C4H3S.Pd/c1-2-4-6-5-3-1;1-2-4-5-3-1;/h1-5H;1-3H;/q2*-1;+2. The number of rotatable bonds is 0. The molecule has 0 fully saturated rings. The largest absolute Gasteiger partial charge is 2.00 e. The SMILES string of the molecule is [Pd+2].[c-]1ccccc1.[c-]1cccs1. The Hall–Kier alpha value is -0.418. The molecule has 0 N–H and O–H groups in total. The number of hydrogen-bond donors (Lipinski definition) is 0. The molecular weight excluding hydrogens is 259 g/mol. The maximum absolute atomic E-state index is 2.90. The van der Waals surface area contributed by atoms with Crippen molar-refractivity contribution in [3.05, 3.63) is 59.3 Å². The van der Waals surface area contributed by atoms with E-state index in [1.54, 1.807) is 11.3 Å². The summed E-state index contributed by atoms with van der Waals surface area (Å²) in [5.74, 6) is 0. The van der Waals surface area contributed by atoms with E-state index in [0.29, 0.717) is 0 Å². The van der Waals surface area contributed by atoms with Crippen molar-refractivity contribution in [2.75, 3.05) is 0 Å². The van der Waals surface area contributed by atoms with Gasteiger partial charge in [-0.2, -0.15) is 47.8 Å². The van der Waals surface area contributed by atoms with Crippen LogP contribution in [0.2, 0.25) is 0 Å². The Bertz CT molecular complexity index is 196. The summed E-state index contributed by atoms with van der Waals surface area (Å²) in [5, 5.41) is 4.89. The first-order chi connectivity index (χ1) is 5.50. The van der Waals surface area contributed by atoms with Gasteiger partial charge in [0.15, 0.2) is 0 Å². The van der Waals surface area contributed by atoms with Crippen molar-refractivity contribution in [1.82, 2.24) is 0 Å². The fraction of sp³-hybridized carbons (Fsp3) is 0. The third kappa shape index (κ3) is 6.30. The Balaban J connectivity index is 0.000000189. The molecule has 0 aliphatic carbocycles. The van der Waals surface area contributed by atoms with Gasteiger partial charge in [0, 0.05) is 0 Å². The number of thiophene rings is 1. The molecule has 2 aromatic rings. The van der Waals surface area contributed by atoms with E-state index in [2.05, 4.69) is 11.4 Å². The Labute approximate surface area is 90.9 Å². The molecule has 0 spiro atoms. The summed E-state index contributed by atoms with van der Waals surface area (Å²) in [6, 6.07) is 16.4. The summed E-state index contributed by atoms with van der Waals surface area (Å²) in [4.78, 5) is 0. The molecule has 1 aromatic heterocycles. The maximum Gasteiger partial charge on any atom is 2.00 e. The van der Waals surface area contributed by atoms with Gasteiger partial charge in [0.1, 0.15) is 0 Å². The van der Waals surface area contributed by atoms with Gasteiger partial charge >= 0.3 is 20.4 Å². The zero-order chi connectivity index (χ0) is 7.78. The molecule has 0 saturated heterocycles. The predicted molar refractivity (Wildman–Crippen MR) is 48.4 cm³/mol. The van der Waals surface area contributed by atoms with Crippen LogP contribution < -0.4 is 0 Å². The fourth-order valence-electron chi connectivity index (χ4n) is 0.538. The molecule has 0 aliphatic rings. The van der Waals surface area contributed by atoms with Crippen LogP contribution in [0.1, 0.15) is 0 Å². The first-order valence-corrected chi connectivity index (χ1v) is 4.19. The van der Waals surface area contributed by atoms with E-state index in [4.69, 9.17) is 0 Å². The smallest absolute Gasteiger partial charge is 0.304 e. The van der Waals surface area contributed by atoms with Gasteiger partial charge in [-0.25, -0.2) is 6.07 Å². The Kier molecular flexibility index (Phi) is 8.37. The van der Waals surface area contributed by atoms with Crippen molar-refractivity contribution in [2.45, 2.75) is 0 Å². The number of benzene rings is 1. The molecule has 0 atom stereocenters. The minimum absolute atomic E-state index is 0. The monoisotopic (exact) mass is 266 g/mol. The van der Waals surface area contributed by atoms with Gasteiger partial charge in [-0.3, -0.25) is 0 Å². The third-order valence-electron chi connectivity index (χ3n) is 0.986. The van der Waals surface area contributed by atoms with Gasteiger partial charge < -0.3 is 11.3 Å².